The Balaban J connectivity index is 1.72. The molecular formula is C19H21NO. The molecule has 0 spiro atoms. The highest BCUT2D eigenvalue weighted by molar-refractivity contribution is 5.98. The van der Waals surface area contributed by atoms with Crippen LogP contribution in [0.1, 0.15) is 39.4 Å². The first-order valence-corrected chi connectivity index (χ1v) is 7.63. The maximum absolute atomic E-state index is 12.6. The summed E-state index contributed by atoms with van der Waals surface area (Å²) in [7, 11) is 1.94. The highest BCUT2D eigenvalue weighted by Gasteiger charge is 2.28. The Bertz CT molecular complexity index is 648. The fourth-order valence-corrected chi connectivity index (χ4v) is 3.15. The van der Waals surface area contributed by atoms with Crippen molar-refractivity contribution in [2.45, 2.75) is 25.2 Å². The Morgan fingerprint density at radius 2 is 1.90 bits per heavy atom. The van der Waals surface area contributed by atoms with Gasteiger partial charge in [-0.1, -0.05) is 48.5 Å². The number of ketones is 1. The number of likely N-dealkylation sites (N-methyl/N-ethyl adjacent to an activating group) is 1. The molecule has 0 fully saturated rings. The van der Waals surface area contributed by atoms with E-state index in [1.807, 2.05) is 25.2 Å². The maximum Gasteiger partial charge on any atom is 0.163 e. The molecule has 0 bridgehead atoms. The molecule has 0 heterocycles. The Morgan fingerprint density at radius 3 is 2.71 bits per heavy atom. The molecule has 21 heavy (non-hydrogen) atoms. The monoisotopic (exact) mass is 279 g/mol. The third-order valence-electron chi connectivity index (χ3n) is 4.36. The summed E-state index contributed by atoms with van der Waals surface area (Å²) in [6, 6.07) is 16.5. The zero-order valence-corrected chi connectivity index (χ0v) is 12.4. The van der Waals surface area contributed by atoms with Crippen LogP contribution in [0.4, 0.5) is 0 Å². The van der Waals surface area contributed by atoms with Gasteiger partial charge in [0.2, 0.25) is 0 Å². The normalized spacial score (nSPS) is 16.1. The van der Waals surface area contributed by atoms with E-state index in [1.165, 1.54) is 11.1 Å². The lowest BCUT2D eigenvalue weighted by atomic mass is 9.74. The molecule has 1 N–H and O–H groups in total. The summed E-state index contributed by atoms with van der Waals surface area (Å²) in [6.45, 7) is 0.899. The summed E-state index contributed by atoms with van der Waals surface area (Å²) in [5, 5.41) is 3.15. The largest absolute Gasteiger partial charge is 0.319 e. The highest BCUT2D eigenvalue weighted by Crippen LogP contribution is 2.38. The predicted octanol–water partition coefficient (Wildman–Crippen LogP) is 3.36. The van der Waals surface area contributed by atoms with Gasteiger partial charge in [-0.25, -0.2) is 0 Å². The summed E-state index contributed by atoms with van der Waals surface area (Å²) >= 11 is 0. The number of Topliss-reactive ketones (excluding diaryl/α,β-unsaturated/α-hetero) is 1. The van der Waals surface area contributed by atoms with Gasteiger partial charge in [0.05, 0.1) is 0 Å². The van der Waals surface area contributed by atoms with Crippen LogP contribution in [0.2, 0.25) is 0 Å². The first-order chi connectivity index (χ1) is 10.3. The summed E-state index contributed by atoms with van der Waals surface area (Å²) in [5.74, 6) is 0.687. The Hall–Kier alpha value is -1.93. The summed E-state index contributed by atoms with van der Waals surface area (Å²) in [5.41, 5.74) is 4.82. The van der Waals surface area contributed by atoms with E-state index in [9.17, 15) is 4.79 Å². The smallest absolute Gasteiger partial charge is 0.163 e. The summed E-state index contributed by atoms with van der Waals surface area (Å²) in [4.78, 5) is 12.6. The molecule has 2 heteroatoms. The van der Waals surface area contributed by atoms with Crippen LogP contribution in [0.5, 0.6) is 0 Å². The summed E-state index contributed by atoms with van der Waals surface area (Å²) in [6.07, 6.45) is 2.58. The number of carbonyl (C=O) groups is 1. The van der Waals surface area contributed by atoms with Crippen LogP contribution in [0.25, 0.3) is 0 Å². The molecule has 1 unspecified atom stereocenters. The fourth-order valence-electron chi connectivity index (χ4n) is 3.15. The van der Waals surface area contributed by atoms with Gasteiger partial charge in [0.1, 0.15) is 0 Å². The number of nitrogens with one attached hydrogen (secondary N) is 1. The van der Waals surface area contributed by atoms with Crippen molar-refractivity contribution in [2.24, 2.45) is 0 Å². The van der Waals surface area contributed by atoms with Crippen molar-refractivity contribution in [1.29, 1.82) is 0 Å². The Morgan fingerprint density at radius 1 is 1.14 bits per heavy atom. The minimum atomic E-state index is 0.279. The second-order valence-electron chi connectivity index (χ2n) is 5.74. The van der Waals surface area contributed by atoms with Crippen LogP contribution in [0.3, 0.4) is 0 Å². The van der Waals surface area contributed by atoms with E-state index in [1.54, 1.807) is 0 Å². The molecule has 3 rings (SSSR count). The lowest BCUT2D eigenvalue weighted by Crippen LogP contribution is -2.21. The zero-order chi connectivity index (χ0) is 14.7. The molecule has 0 saturated heterocycles. The fraction of sp³-hybridized carbons (Fsp3) is 0.316. The van der Waals surface area contributed by atoms with E-state index in [4.69, 9.17) is 0 Å². The molecule has 1 aliphatic carbocycles. The molecule has 108 valence electrons. The van der Waals surface area contributed by atoms with Gasteiger partial charge in [0.25, 0.3) is 0 Å². The molecule has 2 nitrogen and oxygen atoms in total. The van der Waals surface area contributed by atoms with Crippen molar-refractivity contribution in [3.8, 4) is 0 Å². The van der Waals surface area contributed by atoms with Gasteiger partial charge < -0.3 is 5.32 Å². The quantitative estimate of drug-likeness (QED) is 0.822. The Labute approximate surface area is 126 Å². The van der Waals surface area contributed by atoms with Gasteiger partial charge in [0.15, 0.2) is 5.78 Å². The first-order valence-electron chi connectivity index (χ1n) is 7.63. The molecule has 2 aromatic carbocycles. The SMILES string of the molecule is CNCCc1ccccc1C(=O)CC1Cc2ccccc21. The first kappa shape index (κ1) is 14.0. The van der Waals surface area contributed by atoms with Crippen molar-refractivity contribution < 1.29 is 4.79 Å². The van der Waals surface area contributed by atoms with Gasteiger partial charge >= 0.3 is 0 Å². The van der Waals surface area contributed by atoms with Gasteiger partial charge in [-0.3, -0.25) is 4.79 Å². The van der Waals surface area contributed by atoms with E-state index in [2.05, 4.69) is 35.6 Å². The lowest BCUT2D eigenvalue weighted by molar-refractivity contribution is 0.0969. The highest BCUT2D eigenvalue weighted by atomic mass is 16.1. The van der Waals surface area contributed by atoms with E-state index in [-0.39, 0.29) is 5.78 Å². The number of fused-ring (bicyclic) bond motifs is 1. The minimum absolute atomic E-state index is 0.279. The van der Waals surface area contributed by atoms with Crippen LogP contribution < -0.4 is 5.32 Å². The van der Waals surface area contributed by atoms with Gasteiger partial charge in [-0.15, -0.1) is 0 Å². The van der Waals surface area contributed by atoms with Crippen LogP contribution in [-0.2, 0) is 12.8 Å². The van der Waals surface area contributed by atoms with E-state index in [0.29, 0.717) is 12.3 Å². The standard InChI is InChI=1S/C19H21NO/c1-20-11-10-14-6-2-5-9-18(14)19(21)13-16-12-15-7-3-4-8-17(15)16/h2-9,16,20H,10-13H2,1H3. The minimum Gasteiger partial charge on any atom is -0.319 e. The molecule has 2 aromatic rings. The third-order valence-corrected chi connectivity index (χ3v) is 4.36. The average molecular weight is 279 g/mol. The molecule has 0 saturated carbocycles. The number of hydrogen-bond acceptors (Lipinski definition) is 2. The predicted molar refractivity (Wildman–Crippen MR) is 85.9 cm³/mol. The van der Waals surface area contributed by atoms with E-state index >= 15 is 0 Å². The third kappa shape index (κ3) is 2.91. The average Bonchev–Trinajstić information content (AvgIpc) is 2.50. The lowest BCUT2D eigenvalue weighted by Gasteiger charge is -2.29. The molecule has 0 aromatic heterocycles. The second kappa shape index (κ2) is 6.23. The van der Waals surface area contributed by atoms with Crippen LogP contribution >= 0.6 is 0 Å². The number of carbonyl (C=O) groups excluding carboxylic acids is 1. The molecule has 1 aliphatic rings. The second-order valence-corrected chi connectivity index (χ2v) is 5.74. The van der Waals surface area contributed by atoms with Crippen molar-refractivity contribution in [3.05, 3.63) is 70.8 Å². The van der Waals surface area contributed by atoms with Gasteiger partial charge in [0, 0.05) is 12.0 Å². The van der Waals surface area contributed by atoms with Crippen molar-refractivity contribution in [3.63, 3.8) is 0 Å². The Kier molecular flexibility index (Phi) is 4.16. The molecule has 1 atom stereocenters. The van der Waals surface area contributed by atoms with Crippen molar-refractivity contribution in [1.82, 2.24) is 5.32 Å². The van der Waals surface area contributed by atoms with Crippen LogP contribution in [0.15, 0.2) is 48.5 Å². The molecule has 0 aliphatic heterocycles. The maximum atomic E-state index is 12.6. The zero-order valence-electron chi connectivity index (χ0n) is 12.4. The van der Waals surface area contributed by atoms with Gasteiger partial charge in [-0.05, 0) is 49.0 Å². The van der Waals surface area contributed by atoms with Crippen LogP contribution in [0, 0.1) is 0 Å². The molecular weight excluding hydrogens is 258 g/mol. The number of hydrogen-bond donors (Lipinski definition) is 1. The van der Waals surface area contributed by atoms with Crippen molar-refractivity contribution >= 4 is 5.78 Å². The van der Waals surface area contributed by atoms with Crippen molar-refractivity contribution in [2.75, 3.05) is 13.6 Å². The number of rotatable bonds is 6. The topological polar surface area (TPSA) is 29.1 Å². The van der Waals surface area contributed by atoms with Crippen LogP contribution in [-0.4, -0.2) is 19.4 Å². The van der Waals surface area contributed by atoms with E-state index < -0.39 is 0 Å². The van der Waals surface area contributed by atoms with Gasteiger partial charge in [-0.2, -0.15) is 0 Å². The molecule has 0 radical (unpaired) electrons. The summed E-state index contributed by atoms with van der Waals surface area (Å²) < 4.78 is 0. The van der Waals surface area contributed by atoms with E-state index in [0.717, 1.165) is 30.5 Å². The molecule has 0 amide bonds. The number of benzene rings is 2.